The molecule has 2 N–H and O–H groups in total. The fourth-order valence-electron chi connectivity index (χ4n) is 4.47. The number of aliphatic hydroxyl groups is 1. The van der Waals surface area contributed by atoms with E-state index in [1.165, 1.54) is 22.3 Å². The van der Waals surface area contributed by atoms with E-state index in [1.54, 1.807) is 13.8 Å². The summed E-state index contributed by atoms with van der Waals surface area (Å²) in [5.74, 6) is 0.516. The number of carbonyl (C=O) groups excluding carboxylic acids is 2. The van der Waals surface area contributed by atoms with Crippen LogP contribution in [0.1, 0.15) is 48.1 Å². The quantitative estimate of drug-likeness (QED) is 0.367. The summed E-state index contributed by atoms with van der Waals surface area (Å²) in [6.07, 6.45) is 1.07. The van der Waals surface area contributed by atoms with E-state index in [0.29, 0.717) is 26.0 Å². The van der Waals surface area contributed by atoms with Crippen molar-refractivity contribution in [2.24, 2.45) is 0 Å². The maximum Gasteiger partial charge on any atom is 1.00 e. The number of anilines is 1. The van der Waals surface area contributed by atoms with E-state index in [9.17, 15) is 14.7 Å². The van der Waals surface area contributed by atoms with Gasteiger partial charge in [-0.15, -0.1) is 0 Å². The summed E-state index contributed by atoms with van der Waals surface area (Å²) in [5, 5.41) is 16.1. The number of amides is 2. The van der Waals surface area contributed by atoms with E-state index < -0.39 is 16.1 Å². The van der Waals surface area contributed by atoms with Gasteiger partial charge in [0.05, 0.1) is 23.4 Å². The number of thioether (sulfide) groups is 1. The third-order valence-corrected chi connectivity index (χ3v) is 7.75. The molecule has 8 heteroatoms. The summed E-state index contributed by atoms with van der Waals surface area (Å²) in [5.41, 5.74) is 8.28. The van der Waals surface area contributed by atoms with Gasteiger partial charge in [-0.25, -0.2) is 0 Å². The summed E-state index contributed by atoms with van der Waals surface area (Å²) < 4.78 is 5.97. The Bertz CT molecular complexity index is 1340. The van der Waals surface area contributed by atoms with Crippen LogP contribution in [0.3, 0.4) is 0 Å². The van der Waals surface area contributed by atoms with Gasteiger partial charge >= 0.3 is 29.6 Å². The summed E-state index contributed by atoms with van der Waals surface area (Å²) in [7, 11) is 0. The molecule has 3 aromatic rings. The Morgan fingerprint density at radius 2 is 1.72 bits per heavy atom. The topological polar surface area (TPSA) is 89.7 Å². The van der Waals surface area contributed by atoms with Crippen molar-refractivity contribution >= 4 is 28.6 Å². The number of benzene rings is 3. The van der Waals surface area contributed by atoms with E-state index in [1.807, 2.05) is 24.3 Å². The largest absolute Gasteiger partial charge is 1.00 e. The molecule has 3 aromatic carbocycles. The number of nitrogens with one attached hydrogen (secondary N) is 1. The molecular weight excluding hydrogens is 519 g/mol. The molecule has 4 rings (SSSR count). The predicted octanol–water partition coefficient (Wildman–Crippen LogP) is 4.11. The van der Waals surface area contributed by atoms with Gasteiger partial charge in [-0.3, -0.25) is 0 Å². The average molecular weight is 555 g/mol. The summed E-state index contributed by atoms with van der Waals surface area (Å²) >= 11 is 1.00. The Kier molecular flexibility index (Phi) is 10.7. The zero-order valence-electron chi connectivity index (χ0n) is 23.6. The molecule has 1 heterocycles. The van der Waals surface area contributed by atoms with Gasteiger partial charge in [0.15, 0.2) is 0 Å². The molecule has 2 amide bonds. The van der Waals surface area contributed by atoms with E-state index in [-0.39, 0.29) is 35.5 Å². The van der Waals surface area contributed by atoms with Gasteiger partial charge in [0.2, 0.25) is 0 Å². The van der Waals surface area contributed by atoms with Crippen LogP contribution in [0.2, 0.25) is 0 Å². The number of imide groups is 1. The third-order valence-electron chi connectivity index (χ3n) is 6.81. The molecule has 39 heavy (non-hydrogen) atoms. The normalized spacial score (nSPS) is 15.1. The molecule has 0 aliphatic carbocycles. The van der Waals surface area contributed by atoms with Crippen molar-refractivity contribution < 1.29 is 49.0 Å². The van der Waals surface area contributed by atoms with Crippen LogP contribution >= 0.6 is 11.8 Å². The van der Waals surface area contributed by atoms with Crippen LogP contribution in [0, 0.1) is 20.8 Å². The van der Waals surface area contributed by atoms with Crippen molar-refractivity contribution in [2.45, 2.75) is 64.9 Å². The number of hydrogen-bond acceptors (Lipinski definition) is 6. The molecule has 0 spiro atoms. The van der Waals surface area contributed by atoms with Crippen molar-refractivity contribution in [1.29, 1.82) is 0 Å². The van der Waals surface area contributed by atoms with Crippen LogP contribution in [0.15, 0.2) is 54.6 Å². The van der Waals surface area contributed by atoms with Crippen molar-refractivity contribution in [3.05, 3.63) is 87.7 Å². The Hall–Kier alpha value is -2.29. The summed E-state index contributed by atoms with van der Waals surface area (Å²) in [6, 6.07) is 18.6. The zero-order valence-corrected chi connectivity index (χ0v) is 26.4. The summed E-state index contributed by atoms with van der Waals surface area (Å²) in [4.78, 5) is 23.1. The Morgan fingerprint density at radius 1 is 1.00 bits per heavy atom. The number of rotatable bonds is 10. The second kappa shape index (κ2) is 13.4. The van der Waals surface area contributed by atoms with E-state index >= 15 is 0 Å². The monoisotopic (exact) mass is 554 g/mol. The van der Waals surface area contributed by atoms with Crippen LogP contribution in [0.25, 0.3) is 16.4 Å². The van der Waals surface area contributed by atoms with E-state index in [2.05, 4.69) is 61.7 Å². The van der Waals surface area contributed by atoms with Gasteiger partial charge in [-0.05, 0) is 104 Å². The molecule has 0 saturated carbocycles. The van der Waals surface area contributed by atoms with Gasteiger partial charge in [0.25, 0.3) is 0 Å². The first kappa shape index (κ1) is 31.2. The Morgan fingerprint density at radius 3 is 2.36 bits per heavy atom. The zero-order chi connectivity index (χ0) is 27.4. The minimum atomic E-state index is -0.746. The minimum absolute atomic E-state index is 0. The average Bonchev–Trinajstić information content (AvgIpc) is 3.17. The fraction of sp³-hybridized carbons (Fsp3) is 0.355. The molecule has 0 bridgehead atoms. The molecule has 1 fully saturated rings. The van der Waals surface area contributed by atoms with Crippen molar-refractivity contribution in [3.63, 3.8) is 0 Å². The molecule has 0 radical (unpaired) electrons. The molecule has 6 nitrogen and oxygen atoms in total. The first-order valence-electron chi connectivity index (χ1n) is 12.8. The van der Waals surface area contributed by atoms with Gasteiger partial charge in [-0.2, -0.15) is 0 Å². The molecule has 1 aliphatic rings. The predicted molar refractivity (Wildman–Crippen MR) is 155 cm³/mol. The Balaban J connectivity index is 0.00000420. The van der Waals surface area contributed by atoms with Crippen LogP contribution in [0.5, 0.6) is 5.75 Å². The van der Waals surface area contributed by atoms with E-state index in [4.69, 9.17) is 4.74 Å². The standard InChI is InChI=1S/C31H36N2O4S.Na/c1-19-16-27(37-14-13-31(4,5)36)20(2)15-26(19)25-8-6-7-23(21(25)3)18-32-24-11-9-22(10-12-24)17-28-29(34)33-30(35)38-28;/h6-12,15-16,28,32,36H,13-14,17-18H2,1-5H3,(H,33,34,35);/q;+1/p-1. The van der Waals surface area contributed by atoms with Gasteiger partial charge in [0, 0.05) is 18.7 Å². The minimum Gasteiger partial charge on any atom is -0.585 e. The molecular formula is C31H35N2NaO4S. The van der Waals surface area contributed by atoms with Crippen LogP contribution in [-0.4, -0.2) is 33.7 Å². The number of aryl methyl sites for hydroxylation is 2. The maximum atomic E-state index is 11.8. The number of carbonyl (C=O) groups is 2. The first-order chi connectivity index (χ1) is 18.0. The smallest absolute Gasteiger partial charge is 0.585 e. The molecule has 1 atom stereocenters. The number of hydrogen-bond donors (Lipinski definition) is 2. The van der Waals surface area contributed by atoms with Crippen molar-refractivity contribution in [2.75, 3.05) is 11.9 Å². The van der Waals surface area contributed by atoms with Crippen molar-refractivity contribution in [1.82, 2.24) is 0 Å². The molecule has 1 saturated heterocycles. The molecule has 200 valence electrons. The van der Waals surface area contributed by atoms with Crippen molar-refractivity contribution in [3.8, 4) is 16.9 Å². The fourth-order valence-corrected chi connectivity index (χ4v) is 5.29. The summed E-state index contributed by atoms with van der Waals surface area (Å²) in [6.45, 7) is 11.0. The van der Waals surface area contributed by atoms with Gasteiger partial charge in [-0.1, -0.05) is 42.1 Å². The second-order valence-corrected chi connectivity index (χ2v) is 11.7. The SMILES string of the molecule is Cc1cc(-c2cccc(CNc3ccc(CC4SC(=O)[N-]C4=O)cc3)c2C)c(C)cc1OCCC(C)(C)O.[Na+]. The number of ether oxygens (including phenoxy) is 1. The van der Waals surface area contributed by atoms with Gasteiger partial charge < -0.3 is 30.1 Å². The number of nitrogens with zero attached hydrogens (tertiary/aromatic N) is 1. The first-order valence-corrected chi connectivity index (χ1v) is 13.7. The van der Waals surface area contributed by atoms with Crippen LogP contribution < -0.4 is 39.6 Å². The van der Waals surface area contributed by atoms with E-state index in [0.717, 1.165) is 39.9 Å². The molecule has 0 aromatic heterocycles. The third kappa shape index (κ3) is 8.35. The van der Waals surface area contributed by atoms with Crippen LogP contribution in [-0.2, 0) is 17.8 Å². The van der Waals surface area contributed by atoms with Crippen LogP contribution in [0.4, 0.5) is 10.5 Å². The molecule has 1 unspecified atom stereocenters. The van der Waals surface area contributed by atoms with Gasteiger partial charge in [0.1, 0.15) is 11.0 Å². The second-order valence-electron chi connectivity index (χ2n) is 10.5. The Labute approximate surface area is 257 Å². The maximum absolute atomic E-state index is 11.8. The molecule has 1 aliphatic heterocycles.